The number of nitrogens with two attached hydrogens (primary N) is 1. The molecule has 0 radical (unpaired) electrons. The molecule has 1 aliphatic rings. The molecule has 1 fully saturated rings. The van der Waals surface area contributed by atoms with Crippen molar-refractivity contribution in [3.05, 3.63) is 35.4 Å². The molecular formula is C14H20N6. The van der Waals surface area contributed by atoms with Crippen LogP contribution in [0.1, 0.15) is 35.8 Å². The topological polar surface area (TPSA) is 72.9 Å². The van der Waals surface area contributed by atoms with E-state index in [0.717, 1.165) is 25.3 Å². The molecule has 1 aliphatic heterocycles. The summed E-state index contributed by atoms with van der Waals surface area (Å²) in [4.78, 5) is 11.0. The van der Waals surface area contributed by atoms with Crippen LogP contribution in [0.15, 0.2) is 18.5 Å². The van der Waals surface area contributed by atoms with Gasteiger partial charge in [-0.2, -0.15) is 10.1 Å². The Morgan fingerprint density at radius 2 is 2.25 bits per heavy atom. The Bertz CT molecular complexity index is 586. The third-order valence-corrected chi connectivity index (χ3v) is 3.79. The molecule has 1 saturated heterocycles. The predicted octanol–water partition coefficient (Wildman–Crippen LogP) is 1.44. The Morgan fingerprint density at radius 3 is 2.95 bits per heavy atom. The van der Waals surface area contributed by atoms with Crippen LogP contribution in [0.5, 0.6) is 0 Å². The standard InChI is InChI=1S/C14H20N6/c1-10-6-11(8-16-7-10)9-20-5-3-4-12(20)13-17-14(15)19(2)18-13/h6-8,12H,3-5,9H2,1-2H3,(H2,15,17,18). The van der Waals surface area contributed by atoms with Gasteiger partial charge in [0.05, 0.1) is 6.04 Å². The van der Waals surface area contributed by atoms with E-state index in [1.54, 1.807) is 4.68 Å². The molecule has 0 aliphatic carbocycles. The summed E-state index contributed by atoms with van der Waals surface area (Å²) in [5, 5.41) is 4.42. The molecule has 1 atom stereocenters. The molecule has 0 bridgehead atoms. The number of nitrogens with zero attached hydrogens (tertiary/aromatic N) is 5. The van der Waals surface area contributed by atoms with Gasteiger partial charge in [-0.05, 0) is 37.4 Å². The zero-order valence-corrected chi connectivity index (χ0v) is 12.0. The number of rotatable bonds is 3. The van der Waals surface area contributed by atoms with Crippen LogP contribution in [0, 0.1) is 6.92 Å². The zero-order valence-electron chi connectivity index (χ0n) is 12.0. The first-order valence-electron chi connectivity index (χ1n) is 6.94. The molecular weight excluding hydrogens is 252 g/mol. The van der Waals surface area contributed by atoms with Gasteiger partial charge in [0.25, 0.3) is 0 Å². The van der Waals surface area contributed by atoms with E-state index in [9.17, 15) is 0 Å². The van der Waals surface area contributed by atoms with Crippen molar-refractivity contribution in [3.8, 4) is 0 Å². The van der Waals surface area contributed by atoms with E-state index in [0.29, 0.717) is 5.95 Å². The molecule has 2 aromatic heterocycles. The van der Waals surface area contributed by atoms with E-state index in [2.05, 4.69) is 33.0 Å². The van der Waals surface area contributed by atoms with Gasteiger partial charge in [0.1, 0.15) is 0 Å². The van der Waals surface area contributed by atoms with Gasteiger partial charge in [-0.1, -0.05) is 6.07 Å². The summed E-state index contributed by atoms with van der Waals surface area (Å²) < 4.78 is 1.64. The average molecular weight is 272 g/mol. The van der Waals surface area contributed by atoms with Crippen LogP contribution in [0.25, 0.3) is 0 Å². The summed E-state index contributed by atoms with van der Waals surface area (Å²) in [5.74, 6) is 1.31. The third-order valence-electron chi connectivity index (χ3n) is 3.79. The van der Waals surface area contributed by atoms with Crippen molar-refractivity contribution < 1.29 is 0 Å². The van der Waals surface area contributed by atoms with Crippen molar-refractivity contribution in [1.82, 2.24) is 24.6 Å². The minimum atomic E-state index is 0.263. The van der Waals surface area contributed by atoms with E-state index in [1.165, 1.54) is 17.5 Å². The van der Waals surface area contributed by atoms with Gasteiger partial charge < -0.3 is 5.73 Å². The highest BCUT2D eigenvalue weighted by Crippen LogP contribution is 2.31. The molecule has 1 unspecified atom stereocenters. The molecule has 2 aromatic rings. The SMILES string of the molecule is Cc1cncc(CN2CCCC2c2nc(N)n(C)n2)c1. The van der Waals surface area contributed by atoms with Crippen molar-refractivity contribution in [2.45, 2.75) is 32.4 Å². The predicted molar refractivity (Wildman–Crippen MR) is 76.8 cm³/mol. The molecule has 6 heteroatoms. The highest BCUT2D eigenvalue weighted by molar-refractivity contribution is 5.19. The maximum absolute atomic E-state index is 5.79. The first-order chi connectivity index (χ1) is 9.63. The van der Waals surface area contributed by atoms with E-state index in [4.69, 9.17) is 5.73 Å². The second kappa shape index (κ2) is 5.20. The molecule has 0 aromatic carbocycles. The Kier molecular flexibility index (Phi) is 3.40. The lowest BCUT2D eigenvalue weighted by atomic mass is 10.2. The number of nitrogen functional groups attached to an aromatic ring is 1. The second-order valence-electron chi connectivity index (χ2n) is 5.45. The fraction of sp³-hybridized carbons (Fsp3) is 0.500. The van der Waals surface area contributed by atoms with Gasteiger partial charge in [-0.3, -0.25) is 9.88 Å². The minimum absolute atomic E-state index is 0.263. The lowest BCUT2D eigenvalue weighted by Gasteiger charge is -2.22. The van der Waals surface area contributed by atoms with Crippen LogP contribution < -0.4 is 5.73 Å². The number of aryl methyl sites for hydroxylation is 2. The Labute approximate surface area is 118 Å². The van der Waals surface area contributed by atoms with E-state index >= 15 is 0 Å². The van der Waals surface area contributed by atoms with Gasteiger partial charge in [0.2, 0.25) is 5.95 Å². The molecule has 20 heavy (non-hydrogen) atoms. The van der Waals surface area contributed by atoms with Gasteiger partial charge >= 0.3 is 0 Å². The molecule has 2 N–H and O–H groups in total. The van der Waals surface area contributed by atoms with E-state index in [-0.39, 0.29) is 6.04 Å². The number of likely N-dealkylation sites (tertiary alicyclic amines) is 1. The summed E-state index contributed by atoms with van der Waals surface area (Å²) in [6.45, 7) is 4.02. The zero-order chi connectivity index (χ0) is 14.1. The van der Waals surface area contributed by atoms with E-state index < -0.39 is 0 Å². The fourth-order valence-electron chi connectivity index (χ4n) is 2.80. The van der Waals surface area contributed by atoms with Gasteiger partial charge in [0.15, 0.2) is 5.82 Å². The molecule has 106 valence electrons. The number of hydrogen-bond acceptors (Lipinski definition) is 5. The highest BCUT2D eigenvalue weighted by atomic mass is 15.4. The summed E-state index contributed by atoms with van der Waals surface area (Å²) in [5.41, 5.74) is 8.22. The summed E-state index contributed by atoms with van der Waals surface area (Å²) in [6.07, 6.45) is 6.07. The molecule has 3 rings (SSSR count). The smallest absolute Gasteiger partial charge is 0.218 e. The van der Waals surface area contributed by atoms with Crippen molar-refractivity contribution in [3.63, 3.8) is 0 Å². The van der Waals surface area contributed by atoms with E-state index in [1.807, 2.05) is 19.4 Å². The maximum Gasteiger partial charge on any atom is 0.218 e. The number of aromatic nitrogens is 4. The maximum atomic E-state index is 5.79. The van der Waals surface area contributed by atoms with Crippen LogP contribution in [0.3, 0.4) is 0 Å². The highest BCUT2D eigenvalue weighted by Gasteiger charge is 2.29. The molecule has 3 heterocycles. The quantitative estimate of drug-likeness (QED) is 0.915. The van der Waals surface area contributed by atoms with Crippen LogP contribution in [-0.4, -0.2) is 31.2 Å². The molecule has 0 spiro atoms. The summed E-state index contributed by atoms with van der Waals surface area (Å²) in [7, 11) is 1.83. The third kappa shape index (κ3) is 2.51. The lowest BCUT2D eigenvalue weighted by molar-refractivity contribution is 0.239. The van der Waals surface area contributed by atoms with Crippen LogP contribution >= 0.6 is 0 Å². The average Bonchev–Trinajstić information content (AvgIpc) is 2.97. The van der Waals surface area contributed by atoms with Crippen LogP contribution in [0.2, 0.25) is 0 Å². The van der Waals surface area contributed by atoms with Crippen molar-refractivity contribution >= 4 is 5.95 Å². The normalized spacial score (nSPS) is 19.6. The summed E-state index contributed by atoms with van der Waals surface area (Å²) >= 11 is 0. The van der Waals surface area contributed by atoms with Crippen molar-refractivity contribution in [2.75, 3.05) is 12.3 Å². The van der Waals surface area contributed by atoms with Gasteiger partial charge in [-0.25, -0.2) is 4.68 Å². The number of hydrogen-bond donors (Lipinski definition) is 1. The van der Waals surface area contributed by atoms with Crippen molar-refractivity contribution in [1.29, 1.82) is 0 Å². The monoisotopic (exact) mass is 272 g/mol. The lowest BCUT2D eigenvalue weighted by Crippen LogP contribution is -2.23. The first-order valence-corrected chi connectivity index (χ1v) is 6.94. The largest absolute Gasteiger partial charge is 0.368 e. The van der Waals surface area contributed by atoms with Crippen LogP contribution in [0.4, 0.5) is 5.95 Å². The Hall–Kier alpha value is -1.95. The van der Waals surface area contributed by atoms with Crippen LogP contribution in [-0.2, 0) is 13.6 Å². The fourth-order valence-corrected chi connectivity index (χ4v) is 2.80. The summed E-state index contributed by atoms with van der Waals surface area (Å²) in [6, 6.07) is 2.45. The van der Waals surface area contributed by atoms with Crippen molar-refractivity contribution in [2.24, 2.45) is 7.05 Å². The number of pyridine rings is 1. The first kappa shape index (κ1) is 13.1. The molecule has 6 nitrogen and oxygen atoms in total. The molecule has 0 saturated carbocycles. The minimum Gasteiger partial charge on any atom is -0.368 e. The van der Waals surface area contributed by atoms with Gasteiger partial charge in [0, 0.05) is 26.0 Å². The molecule has 0 amide bonds. The number of anilines is 1. The second-order valence-corrected chi connectivity index (χ2v) is 5.45. The van der Waals surface area contributed by atoms with Gasteiger partial charge in [-0.15, -0.1) is 0 Å². The Balaban J connectivity index is 1.79. The Morgan fingerprint density at radius 1 is 1.40 bits per heavy atom.